The Labute approximate surface area is 68.4 Å². The quantitative estimate of drug-likeness (QED) is 0.554. The van der Waals surface area contributed by atoms with E-state index in [1.165, 1.54) is 12.1 Å². The van der Waals surface area contributed by atoms with Gasteiger partial charge in [0.05, 0.1) is 0 Å². The number of nitrogens with zero attached hydrogens (tertiary/aromatic N) is 1. The summed E-state index contributed by atoms with van der Waals surface area (Å²) in [7, 11) is 0. The first-order valence-corrected chi connectivity index (χ1v) is 3.46. The minimum absolute atomic E-state index is 0.274. The van der Waals surface area contributed by atoms with Crippen molar-refractivity contribution in [2.75, 3.05) is 0 Å². The first-order chi connectivity index (χ1) is 5.86. The predicted molar refractivity (Wildman–Crippen MR) is 42.3 cm³/mol. The molecule has 0 atom stereocenters. The zero-order valence-corrected chi connectivity index (χ0v) is 6.13. The van der Waals surface area contributed by atoms with Gasteiger partial charge in [-0.25, -0.2) is 9.93 Å². The Balaban J connectivity index is 2.33. The molecule has 0 radical (unpaired) electrons. The van der Waals surface area contributed by atoms with Crippen LogP contribution in [-0.2, 0) is 0 Å². The number of nitrogens with one attached hydrogen (secondary N) is 3. The third-order valence-electron chi connectivity index (χ3n) is 1.50. The maximum atomic E-state index is 12.7. The van der Waals surface area contributed by atoms with Crippen LogP contribution in [0.5, 0.6) is 0 Å². The van der Waals surface area contributed by atoms with Gasteiger partial charge in [-0.1, -0.05) is 12.1 Å². The van der Waals surface area contributed by atoms with E-state index in [4.69, 9.17) is 0 Å². The molecule has 0 bridgehead atoms. The SMILES string of the molecule is Fc1cccc(C2=NNNN2)c1. The van der Waals surface area contributed by atoms with Crippen LogP contribution in [0.2, 0.25) is 0 Å². The lowest BCUT2D eigenvalue weighted by Gasteiger charge is -1.99. The van der Waals surface area contributed by atoms with Crippen molar-refractivity contribution in [2.45, 2.75) is 0 Å². The molecule has 0 aromatic heterocycles. The lowest BCUT2D eigenvalue weighted by Crippen LogP contribution is -2.35. The molecule has 0 unspecified atom stereocenters. The van der Waals surface area contributed by atoms with Crippen LogP contribution < -0.4 is 16.5 Å². The van der Waals surface area contributed by atoms with E-state index >= 15 is 0 Å². The summed E-state index contributed by atoms with van der Waals surface area (Å²) in [6.07, 6.45) is 0. The molecule has 0 saturated heterocycles. The summed E-state index contributed by atoms with van der Waals surface area (Å²) in [4.78, 5) is 0. The summed E-state index contributed by atoms with van der Waals surface area (Å²) >= 11 is 0. The van der Waals surface area contributed by atoms with Crippen molar-refractivity contribution in [2.24, 2.45) is 5.10 Å². The number of hydrogen-bond donors (Lipinski definition) is 3. The molecule has 12 heavy (non-hydrogen) atoms. The molecule has 0 amide bonds. The van der Waals surface area contributed by atoms with Crippen LogP contribution in [0, 0.1) is 5.82 Å². The largest absolute Gasteiger partial charge is 0.285 e. The van der Waals surface area contributed by atoms with Crippen molar-refractivity contribution in [3.8, 4) is 0 Å². The molecule has 0 saturated carbocycles. The first-order valence-electron chi connectivity index (χ1n) is 3.46. The molecule has 5 heteroatoms. The second-order valence-electron chi connectivity index (χ2n) is 2.33. The van der Waals surface area contributed by atoms with Crippen LogP contribution in [0.1, 0.15) is 5.56 Å². The van der Waals surface area contributed by atoms with Gasteiger partial charge in [0.2, 0.25) is 0 Å². The summed E-state index contributed by atoms with van der Waals surface area (Å²) in [6.45, 7) is 0. The van der Waals surface area contributed by atoms with Crippen LogP contribution in [-0.4, -0.2) is 5.84 Å². The average molecular weight is 166 g/mol. The van der Waals surface area contributed by atoms with Gasteiger partial charge in [0, 0.05) is 5.56 Å². The Morgan fingerprint density at radius 3 is 2.92 bits per heavy atom. The van der Waals surface area contributed by atoms with Crippen molar-refractivity contribution in [1.29, 1.82) is 0 Å². The van der Waals surface area contributed by atoms with E-state index in [0.29, 0.717) is 11.4 Å². The minimum atomic E-state index is -0.274. The van der Waals surface area contributed by atoms with Gasteiger partial charge in [-0.05, 0) is 12.1 Å². The van der Waals surface area contributed by atoms with Gasteiger partial charge in [-0.3, -0.25) is 5.43 Å². The number of amidine groups is 1. The summed E-state index contributed by atoms with van der Waals surface area (Å²) in [6, 6.07) is 6.19. The summed E-state index contributed by atoms with van der Waals surface area (Å²) < 4.78 is 12.7. The van der Waals surface area contributed by atoms with Gasteiger partial charge in [0.1, 0.15) is 5.82 Å². The van der Waals surface area contributed by atoms with Crippen molar-refractivity contribution >= 4 is 5.84 Å². The van der Waals surface area contributed by atoms with Crippen molar-refractivity contribution in [3.63, 3.8) is 0 Å². The molecule has 1 aliphatic heterocycles. The molecular formula is C7H7FN4. The second kappa shape index (κ2) is 2.78. The molecule has 1 aliphatic rings. The molecule has 62 valence electrons. The van der Waals surface area contributed by atoms with E-state index in [-0.39, 0.29) is 5.82 Å². The highest BCUT2D eigenvalue weighted by atomic mass is 19.1. The fourth-order valence-electron chi connectivity index (χ4n) is 0.971. The number of benzene rings is 1. The zero-order valence-electron chi connectivity index (χ0n) is 6.13. The normalized spacial score (nSPS) is 14.9. The van der Waals surface area contributed by atoms with Crippen molar-refractivity contribution < 1.29 is 4.39 Å². The smallest absolute Gasteiger partial charge is 0.170 e. The maximum Gasteiger partial charge on any atom is 0.170 e. The molecule has 0 fully saturated rings. The number of hydrazine groups is 2. The third-order valence-corrected chi connectivity index (χ3v) is 1.50. The highest BCUT2D eigenvalue weighted by Gasteiger charge is 2.07. The fraction of sp³-hybridized carbons (Fsp3) is 0. The number of hydrogen-bond acceptors (Lipinski definition) is 4. The molecular weight excluding hydrogens is 159 g/mol. The zero-order chi connectivity index (χ0) is 8.39. The van der Waals surface area contributed by atoms with Gasteiger partial charge >= 0.3 is 0 Å². The summed E-state index contributed by atoms with van der Waals surface area (Å²) in [5, 5.41) is 3.82. The van der Waals surface area contributed by atoms with Crippen LogP contribution in [0.4, 0.5) is 4.39 Å². The van der Waals surface area contributed by atoms with E-state index < -0.39 is 0 Å². The molecule has 3 N–H and O–H groups in total. The van der Waals surface area contributed by atoms with Crippen LogP contribution in [0.3, 0.4) is 0 Å². The maximum absolute atomic E-state index is 12.7. The van der Waals surface area contributed by atoms with Crippen LogP contribution in [0.25, 0.3) is 0 Å². The number of rotatable bonds is 1. The van der Waals surface area contributed by atoms with E-state index in [9.17, 15) is 4.39 Å². The highest BCUT2D eigenvalue weighted by Crippen LogP contribution is 2.03. The lowest BCUT2D eigenvalue weighted by atomic mass is 10.2. The van der Waals surface area contributed by atoms with Gasteiger partial charge in [0.25, 0.3) is 0 Å². The Morgan fingerprint density at radius 2 is 2.25 bits per heavy atom. The Hall–Kier alpha value is -1.62. The molecule has 1 heterocycles. The molecule has 1 aromatic rings. The Bertz CT molecular complexity index is 323. The standard InChI is InChI=1S/C7H7FN4/c8-6-3-1-2-5(4-6)7-9-11-12-10-7/h1-4,11-12H,(H,9,10). The topological polar surface area (TPSA) is 48.5 Å². The first kappa shape index (κ1) is 7.05. The van der Waals surface area contributed by atoms with Gasteiger partial charge in [-0.15, -0.1) is 10.6 Å². The average Bonchev–Trinajstić information content (AvgIpc) is 2.56. The van der Waals surface area contributed by atoms with Gasteiger partial charge in [0.15, 0.2) is 5.84 Å². The molecule has 0 aliphatic carbocycles. The molecule has 0 spiro atoms. The third kappa shape index (κ3) is 1.22. The van der Waals surface area contributed by atoms with E-state index in [2.05, 4.69) is 21.6 Å². The minimum Gasteiger partial charge on any atom is -0.285 e. The van der Waals surface area contributed by atoms with E-state index in [0.717, 1.165) is 0 Å². The van der Waals surface area contributed by atoms with Crippen LogP contribution in [0.15, 0.2) is 29.4 Å². The Morgan fingerprint density at radius 1 is 1.33 bits per heavy atom. The highest BCUT2D eigenvalue weighted by molar-refractivity contribution is 5.98. The van der Waals surface area contributed by atoms with Crippen molar-refractivity contribution in [1.82, 2.24) is 16.5 Å². The fourth-order valence-corrected chi connectivity index (χ4v) is 0.971. The molecule has 1 aromatic carbocycles. The van der Waals surface area contributed by atoms with E-state index in [1.54, 1.807) is 12.1 Å². The predicted octanol–water partition coefficient (Wildman–Crippen LogP) is 0.0997. The van der Waals surface area contributed by atoms with Gasteiger partial charge in [-0.2, -0.15) is 0 Å². The number of halogens is 1. The summed E-state index contributed by atoms with van der Waals surface area (Å²) in [5.41, 5.74) is 8.48. The van der Waals surface area contributed by atoms with E-state index in [1.807, 2.05) is 0 Å². The monoisotopic (exact) mass is 166 g/mol. The second-order valence-corrected chi connectivity index (χ2v) is 2.33. The number of hydrazone groups is 1. The molecule has 4 nitrogen and oxygen atoms in total. The van der Waals surface area contributed by atoms with Gasteiger partial charge < -0.3 is 0 Å². The van der Waals surface area contributed by atoms with Crippen molar-refractivity contribution in [3.05, 3.63) is 35.6 Å². The Kier molecular flexibility index (Phi) is 1.64. The lowest BCUT2D eigenvalue weighted by molar-refractivity contribution is 0.577. The van der Waals surface area contributed by atoms with Crippen LogP contribution >= 0.6 is 0 Å². The summed E-state index contributed by atoms with van der Waals surface area (Å²) in [5.74, 6) is 0.304. The molecule has 2 rings (SSSR count).